The van der Waals surface area contributed by atoms with Crippen LogP contribution in [0.2, 0.25) is 0 Å². The molecular formula is C11H17N3O7. The monoisotopic (exact) mass is 303 g/mol. The summed E-state index contributed by atoms with van der Waals surface area (Å²) in [4.78, 5) is 24.7. The number of ether oxygens (including phenoxy) is 2. The van der Waals surface area contributed by atoms with Gasteiger partial charge >= 0.3 is 5.69 Å². The Bertz CT molecular complexity index is 600. The van der Waals surface area contributed by atoms with E-state index in [-0.39, 0.29) is 13.2 Å². The van der Waals surface area contributed by atoms with E-state index in [2.05, 4.69) is 0 Å². The summed E-state index contributed by atoms with van der Waals surface area (Å²) in [6.45, 7) is -0.672. The third-order valence-corrected chi connectivity index (χ3v) is 3.20. The smallest absolute Gasteiger partial charge is 0.330 e. The molecule has 1 aromatic heterocycles. The number of aliphatic hydroxyl groups is 3. The third kappa shape index (κ3) is 2.77. The molecule has 10 heteroatoms. The number of rotatable bonds is 5. The van der Waals surface area contributed by atoms with Crippen molar-refractivity contribution in [2.45, 2.75) is 24.2 Å². The largest absolute Gasteiger partial charge is 0.391 e. The molecule has 118 valence electrons. The van der Waals surface area contributed by atoms with Gasteiger partial charge in [0.25, 0.3) is 5.56 Å². The highest BCUT2D eigenvalue weighted by Gasteiger charge is 2.56. The molecule has 0 bridgehead atoms. The number of aromatic amines is 1. The van der Waals surface area contributed by atoms with Gasteiger partial charge in [-0.05, 0) is 0 Å². The molecule has 2 heterocycles. The maximum atomic E-state index is 11.7. The van der Waals surface area contributed by atoms with E-state index < -0.39 is 42.1 Å². The molecule has 4 atom stereocenters. The Labute approximate surface area is 118 Å². The summed E-state index contributed by atoms with van der Waals surface area (Å²) in [6, 6.07) is 1.06. The summed E-state index contributed by atoms with van der Waals surface area (Å²) in [5, 5.41) is 29.4. The highest BCUT2D eigenvalue weighted by molar-refractivity contribution is 4.97. The number of hydrogen-bond donors (Lipinski definition) is 5. The van der Waals surface area contributed by atoms with Crippen molar-refractivity contribution in [3.8, 4) is 0 Å². The van der Waals surface area contributed by atoms with Crippen molar-refractivity contribution in [1.29, 1.82) is 0 Å². The van der Waals surface area contributed by atoms with Crippen molar-refractivity contribution in [2.24, 2.45) is 5.73 Å². The lowest BCUT2D eigenvalue weighted by atomic mass is 10.1. The number of nitrogens with one attached hydrogen (secondary N) is 1. The fraction of sp³-hybridized carbons (Fsp3) is 0.636. The van der Waals surface area contributed by atoms with Gasteiger partial charge in [-0.1, -0.05) is 0 Å². The van der Waals surface area contributed by atoms with Gasteiger partial charge in [-0.3, -0.25) is 14.3 Å². The van der Waals surface area contributed by atoms with Gasteiger partial charge in [0.1, 0.15) is 18.8 Å². The molecule has 2 rings (SSSR count). The van der Waals surface area contributed by atoms with E-state index in [1.54, 1.807) is 0 Å². The van der Waals surface area contributed by atoms with E-state index in [4.69, 9.17) is 15.2 Å². The summed E-state index contributed by atoms with van der Waals surface area (Å²) in [5.74, 6) is -1.89. The maximum absolute atomic E-state index is 11.7. The fourth-order valence-corrected chi connectivity index (χ4v) is 2.14. The average molecular weight is 303 g/mol. The first-order valence-electron chi connectivity index (χ1n) is 6.25. The maximum Gasteiger partial charge on any atom is 0.330 e. The van der Waals surface area contributed by atoms with Gasteiger partial charge in [0.05, 0.1) is 6.61 Å². The zero-order chi connectivity index (χ0) is 15.6. The summed E-state index contributed by atoms with van der Waals surface area (Å²) < 4.78 is 11.4. The van der Waals surface area contributed by atoms with Gasteiger partial charge in [-0.15, -0.1) is 0 Å². The minimum Gasteiger partial charge on any atom is -0.391 e. The standard InChI is InChI=1S/C11H17N3O7/c12-2-4-20-11(5-15)8(18)7(17)9(21-11)14-3-1-6(16)13-10(14)19/h1,3,7-9,15,17-18H,2,4-5,12H2,(H,13,16,19)/t7-,8+,9-,11-/m1/s1. The summed E-state index contributed by atoms with van der Waals surface area (Å²) in [7, 11) is 0. The van der Waals surface area contributed by atoms with Crippen LogP contribution >= 0.6 is 0 Å². The molecule has 0 spiro atoms. The minimum absolute atomic E-state index is 0.0302. The molecule has 1 aliphatic rings. The Hall–Kier alpha value is -1.56. The lowest BCUT2D eigenvalue weighted by Crippen LogP contribution is -2.49. The predicted molar refractivity (Wildman–Crippen MR) is 68.3 cm³/mol. The highest BCUT2D eigenvalue weighted by Crippen LogP contribution is 2.37. The van der Waals surface area contributed by atoms with Crippen LogP contribution in [0.4, 0.5) is 0 Å². The van der Waals surface area contributed by atoms with Crippen molar-refractivity contribution in [3.63, 3.8) is 0 Å². The van der Waals surface area contributed by atoms with Crippen molar-refractivity contribution in [3.05, 3.63) is 33.1 Å². The van der Waals surface area contributed by atoms with Crippen LogP contribution in [-0.2, 0) is 9.47 Å². The SMILES string of the molecule is NCCO[C@]1(CO)O[C@@H](n2ccc(=O)[nH]c2=O)[C@H](O)[C@@H]1O. The summed E-state index contributed by atoms with van der Waals surface area (Å²) >= 11 is 0. The Kier molecular flexibility index (Phi) is 4.56. The molecule has 1 fully saturated rings. The zero-order valence-electron chi connectivity index (χ0n) is 11.0. The molecule has 0 amide bonds. The second kappa shape index (κ2) is 6.05. The molecule has 0 radical (unpaired) electrons. The van der Waals surface area contributed by atoms with Gasteiger partial charge < -0.3 is 30.5 Å². The fourth-order valence-electron chi connectivity index (χ4n) is 2.14. The number of aromatic nitrogens is 2. The zero-order valence-corrected chi connectivity index (χ0v) is 11.0. The Morgan fingerprint density at radius 3 is 2.76 bits per heavy atom. The molecule has 0 unspecified atom stereocenters. The molecule has 21 heavy (non-hydrogen) atoms. The van der Waals surface area contributed by atoms with Crippen LogP contribution < -0.4 is 17.0 Å². The van der Waals surface area contributed by atoms with E-state index in [9.17, 15) is 24.9 Å². The number of aliphatic hydroxyl groups excluding tert-OH is 3. The van der Waals surface area contributed by atoms with E-state index in [0.717, 1.165) is 16.8 Å². The van der Waals surface area contributed by atoms with Crippen molar-refractivity contribution in [1.82, 2.24) is 9.55 Å². The van der Waals surface area contributed by atoms with Crippen molar-refractivity contribution >= 4 is 0 Å². The van der Waals surface area contributed by atoms with Crippen LogP contribution in [0.25, 0.3) is 0 Å². The third-order valence-electron chi connectivity index (χ3n) is 3.20. The molecule has 0 saturated carbocycles. The second-order valence-electron chi connectivity index (χ2n) is 4.57. The van der Waals surface area contributed by atoms with Gasteiger partial charge in [0.15, 0.2) is 6.23 Å². The second-order valence-corrected chi connectivity index (χ2v) is 4.57. The number of nitrogens with two attached hydrogens (primary N) is 1. The Balaban J connectivity index is 2.34. The minimum atomic E-state index is -1.89. The normalized spacial score (nSPS) is 32.5. The average Bonchev–Trinajstić information content (AvgIpc) is 2.71. The lowest BCUT2D eigenvalue weighted by molar-refractivity contribution is -0.280. The summed E-state index contributed by atoms with van der Waals surface area (Å²) in [6.07, 6.45) is -3.36. The first-order chi connectivity index (χ1) is 9.95. The first kappa shape index (κ1) is 15.8. The van der Waals surface area contributed by atoms with Crippen molar-refractivity contribution in [2.75, 3.05) is 19.8 Å². The Morgan fingerprint density at radius 2 is 2.19 bits per heavy atom. The molecule has 0 aliphatic carbocycles. The number of hydrogen-bond acceptors (Lipinski definition) is 8. The molecular weight excluding hydrogens is 286 g/mol. The van der Waals surface area contributed by atoms with Gasteiger partial charge in [0, 0.05) is 18.8 Å². The predicted octanol–water partition coefficient (Wildman–Crippen LogP) is -3.55. The highest BCUT2D eigenvalue weighted by atomic mass is 16.7. The molecule has 10 nitrogen and oxygen atoms in total. The first-order valence-corrected chi connectivity index (χ1v) is 6.25. The van der Waals surface area contributed by atoms with Crippen LogP contribution in [0.15, 0.2) is 21.9 Å². The van der Waals surface area contributed by atoms with Crippen LogP contribution in [0.5, 0.6) is 0 Å². The van der Waals surface area contributed by atoms with Crippen LogP contribution in [-0.4, -0.2) is 62.6 Å². The quantitative estimate of drug-likeness (QED) is 0.373. The van der Waals surface area contributed by atoms with Crippen LogP contribution in [0.3, 0.4) is 0 Å². The van der Waals surface area contributed by atoms with E-state index in [0.29, 0.717) is 0 Å². The molecule has 0 aromatic carbocycles. The number of H-pyrrole nitrogens is 1. The summed E-state index contributed by atoms with van der Waals surface area (Å²) in [5.41, 5.74) is 3.84. The van der Waals surface area contributed by atoms with Gasteiger partial charge in [0.2, 0.25) is 5.79 Å². The number of nitrogens with zero attached hydrogens (tertiary/aromatic N) is 1. The van der Waals surface area contributed by atoms with Gasteiger partial charge in [-0.25, -0.2) is 4.79 Å². The van der Waals surface area contributed by atoms with Crippen LogP contribution in [0.1, 0.15) is 6.23 Å². The van der Waals surface area contributed by atoms with E-state index >= 15 is 0 Å². The van der Waals surface area contributed by atoms with Crippen molar-refractivity contribution < 1.29 is 24.8 Å². The van der Waals surface area contributed by atoms with Crippen LogP contribution in [0, 0.1) is 0 Å². The molecule has 1 saturated heterocycles. The topological polar surface area (TPSA) is 160 Å². The Morgan fingerprint density at radius 1 is 1.48 bits per heavy atom. The molecule has 1 aliphatic heterocycles. The molecule has 1 aromatic rings. The van der Waals surface area contributed by atoms with E-state index in [1.807, 2.05) is 4.98 Å². The van der Waals surface area contributed by atoms with Gasteiger partial charge in [-0.2, -0.15) is 0 Å². The molecule has 6 N–H and O–H groups in total. The van der Waals surface area contributed by atoms with E-state index in [1.165, 1.54) is 0 Å². The lowest BCUT2D eigenvalue weighted by Gasteiger charge is -2.29.